The lowest BCUT2D eigenvalue weighted by atomic mass is 9.89. The zero-order valence-electron chi connectivity index (χ0n) is 28.9. The third-order valence-corrected chi connectivity index (χ3v) is 9.19. The fourth-order valence-corrected chi connectivity index (χ4v) is 6.41. The second-order valence-corrected chi connectivity index (χ2v) is 12.6. The number of benzene rings is 3. The second kappa shape index (κ2) is 17.7. The van der Waals surface area contributed by atoms with Gasteiger partial charge in [0.15, 0.2) is 5.70 Å². The molecule has 1 saturated heterocycles. The fourth-order valence-electron chi connectivity index (χ4n) is 6.41. The predicted octanol–water partition coefficient (Wildman–Crippen LogP) is 5.04. The molecule has 5 rings (SSSR count). The molecule has 0 spiro atoms. The lowest BCUT2D eigenvalue weighted by Gasteiger charge is -2.26. The van der Waals surface area contributed by atoms with Crippen LogP contribution in [-0.4, -0.2) is 85.8 Å². The van der Waals surface area contributed by atoms with E-state index in [1.165, 1.54) is 11.6 Å². The van der Waals surface area contributed by atoms with E-state index in [1.54, 1.807) is 7.11 Å². The number of Topliss-reactive ketones (excluding diaryl/α,β-unsaturated/α-hetero) is 2. The van der Waals surface area contributed by atoms with Gasteiger partial charge < -0.3 is 31.0 Å². The van der Waals surface area contributed by atoms with Gasteiger partial charge in [-0.3, -0.25) is 24.6 Å². The number of hydroxylamine groups is 1. The van der Waals surface area contributed by atoms with Gasteiger partial charge in [-0.1, -0.05) is 47.7 Å². The molecule has 0 aromatic heterocycles. The molecule has 270 valence electrons. The Labute approximate surface area is 296 Å². The number of allylic oxidation sites excluding steroid dienone is 2. The first kappa shape index (κ1) is 37.1. The Hall–Kier alpha value is -5.18. The summed E-state index contributed by atoms with van der Waals surface area (Å²) < 4.78 is 11.2. The molecule has 1 heterocycles. The standard InChI is InChI=1S/C37H45N7O7/c1-50-33-22-26(6-5-17-42-18-20-51-21-19-42)9-12-28(33)27-10-7-25(8-11-27)13-16-41-34-35(43(39)47)37(46)30-24-32(44(48)49)31(23-29(30)36(34)45)40-15-4-2-3-14-38/h7-12,22-24,39-41H,2-6,13-21,38H2,1H3. The summed E-state index contributed by atoms with van der Waals surface area (Å²) in [7, 11) is 1.66. The number of nitro groups is 1. The van der Waals surface area contributed by atoms with Gasteiger partial charge in [-0.25, -0.2) is 0 Å². The summed E-state index contributed by atoms with van der Waals surface area (Å²) in [6.07, 6.45) is 4.79. The quantitative estimate of drug-likeness (QED) is 0.0456. The van der Waals surface area contributed by atoms with Crippen molar-refractivity contribution < 1.29 is 28.8 Å². The van der Waals surface area contributed by atoms with Gasteiger partial charge in [-0.05, 0) is 79.5 Å². The molecule has 14 nitrogen and oxygen atoms in total. The summed E-state index contributed by atoms with van der Waals surface area (Å²) >= 11 is 0. The predicted molar refractivity (Wildman–Crippen MR) is 192 cm³/mol. The number of nitrogens with zero attached hydrogens (tertiary/aromatic N) is 3. The van der Waals surface area contributed by atoms with E-state index in [9.17, 15) is 24.9 Å². The monoisotopic (exact) mass is 699 g/mol. The van der Waals surface area contributed by atoms with Crippen LogP contribution in [-0.2, 0) is 17.6 Å². The maximum Gasteiger partial charge on any atom is 0.318 e. The van der Waals surface area contributed by atoms with Gasteiger partial charge in [-0.15, -0.1) is 0 Å². The van der Waals surface area contributed by atoms with Gasteiger partial charge >= 0.3 is 5.70 Å². The van der Waals surface area contributed by atoms with Crippen LogP contribution < -0.4 is 21.1 Å². The number of nitrogens with one attached hydrogen (secondary N) is 3. The molecule has 1 fully saturated rings. The van der Waals surface area contributed by atoms with Crippen LogP contribution in [0.15, 0.2) is 66.0 Å². The summed E-state index contributed by atoms with van der Waals surface area (Å²) in [4.78, 5) is 40.2. The largest absolute Gasteiger partial charge is 0.594 e. The first-order chi connectivity index (χ1) is 24.7. The maximum atomic E-state index is 13.6. The Morgan fingerprint density at radius 1 is 0.863 bits per heavy atom. The number of ketones is 2. The number of aryl methyl sites for hydroxylation is 1. The molecular formula is C37H45N7O7. The van der Waals surface area contributed by atoms with Crippen LogP contribution in [0.3, 0.4) is 0 Å². The Kier molecular flexibility index (Phi) is 12.8. The summed E-state index contributed by atoms with van der Waals surface area (Å²) in [6, 6.07) is 16.5. The van der Waals surface area contributed by atoms with Crippen LogP contribution in [0, 0.1) is 20.9 Å². The Balaban J connectivity index is 1.24. The summed E-state index contributed by atoms with van der Waals surface area (Å²) in [5.74, 6) is -0.835. The van der Waals surface area contributed by atoms with E-state index in [0.717, 1.165) is 87.0 Å². The SMILES string of the molecule is COc1cc(CCCN2CCOCC2)ccc1-c1ccc(CCNC2=C([N+](=N)[O-])C(=O)c3cc([N+](=O)[O-])c(NCCCCCN)cc3C2=O)cc1. The number of rotatable bonds is 18. The number of carbonyl (C=O) groups is 2. The van der Waals surface area contributed by atoms with Crippen LogP contribution in [0.5, 0.6) is 5.75 Å². The summed E-state index contributed by atoms with van der Waals surface area (Å²) in [5, 5.41) is 29.9. The highest BCUT2D eigenvalue weighted by Crippen LogP contribution is 2.35. The number of ether oxygens (including phenoxy) is 2. The number of methoxy groups -OCH3 is 1. The zero-order valence-corrected chi connectivity index (χ0v) is 28.9. The molecule has 14 heteroatoms. The molecule has 51 heavy (non-hydrogen) atoms. The van der Waals surface area contributed by atoms with Gasteiger partial charge in [0.1, 0.15) is 11.4 Å². The fraction of sp³-hybridized carbons (Fsp3) is 0.405. The lowest BCUT2D eigenvalue weighted by molar-refractivity contribution is -0.495. The summed E-state index contributed by atoms with van der Waals surface area (Å²) in [6.45, 7) is 5.72. The van der Waals surface area contributed by atoms with E-state index in [4.69, 9.17) is 20.7 Å². The smallest absolute Gasteiger partial charge is 0.318 e. The third kappa shape index (κ3) is 9.14. The Morgan fingerprint density at radius 2 is 1.59 bits per heavy atom. The highest BCUT2D eigenvalue weighted by Gasteiger charge is 2.40. The number of anilines is 1. The molecule has 3 aromatic rings. The number of hydrogen-bond donors (Lipinski definition) is 4. The van der Waals surface area contributed by atoms with Crippen molar-refractivity contribution in [2.24, 2.45) is 5.73 Å². The van der Waals surface area contributed by atoms with E-state index < -0.39 is 32.7 Å². The van der Waals surface area contributed by atoms with Gasteiger partial charge in [0, 0.05) is 48.9 Å². The zero-order chi connectivity index (χ0) is 36.3. The summed E-state index contributed by atoms with van der Waals surface area (Å²) in [5.41, 5.74) is 15.6. The van der Waals surface area contributed by atoms with Crippen LogP contribution in [0.4, 0.5) is 11.4 Å². The topological polar surface area (TPSA) is 199 Å². The van der Waals surface area contributed by atoms with Crippen LogP contribution in [0.25, 0.3) is 11.1 Å². The van der Waals surface area contributed by atoms with Crippen LogP contribution in [0.2, 0.25) is 0 Å². The first-order valence-electron chi connectivity index (χ1n) is 17.3. The number of hydrogen-bond acceptors (Lipinski definition) is 12. The third-order valence-electron chi connectivity index (χ3n) is 9.19. The molecule has 5 N–H and O–H groups in total. The van der Waals surface area contributed by atoms with Crippen molar-refractivity contribution >= 4 is 22.9 Å². The molecule has 0 bridgehead atoms. The van der Waals surface area contributed by atoms with E-state index in [2.05, 4.69) is 33.7 Å². The molecule has 3 aromatic carbocycles. The van der Waals surface area contributed by atoms with Crippen LogP contribution >= 0.6 is 0 Å². The minimum absolute atomic E-state index is 0.0791. The van der Waals surface area contributed by atoms with Crippen molar-refractivity contribution in [1.29, 1.82) is 5.53 Å². The first-order valence-corrected chi connectivity index (χ1v) is 17.3. The van der Waals surface area contributed by atoms with Gasteiger partial charge in [0.05, 0.1) is 25.2 Å². The molecule has 0 atom stereocenters. The van der Waals surface area contributed by atoms with Crippen molar-refractivity contribution in [3.05, 3.63) is 104 Å². The number of nitrogens with two attached hydrogens (primary N) is 1. The van der Waals surface area contributed by atoms with Crippen molar-refractivity contribution in [2.45, 2.75) is 38.5 Å². The number of unbranched alkanes of at least 4 members (excludes halogenated alkanes) is 2. The Morgan fingerprint density at radius 3 is 2.27 bits per heavy atom. The Bertz CT molecular complexity index is 1790. The van der Waals surface area contributed by atoms with E-state index in [0.29, 0.717) is 25.9 Å². The average Bonchev–Trinajstić information content (AvgIpc) is 3.13. The normalized spacial score (nSPS) is 14.7. The minimum Gasteiger partial charge on any atom is -0.594 e. The van der Waals surface area contributed by atoms with Gasteiger partial charge in [-0.2, -0.15) is 0 Å². The molecule has 1 aliphatic heterocycles. The second-order valence-electron chi connectivity index (χ2n) is 12.6. The lowest BCUT2D eigenvalue weighted by Crippen LogP contribution is -2.36. The molecule has 0 unspecified atom stereocenters. The minimum atomic E-state index is -0.934. The highest BCUT2D eigenvalue weighted by atomic mass is 16.6. The van der Waals surface area contributed by atoms with E-state index in [-0.39, 0.29) is 29.1 Å². The molecule has 1 aliphatic carbocycles. The van der Waals surface area contributed by atoms with Crippen molar-refractivity contribution in [1.82, 2.24) is 10.2 Å². The van der Waals surface area contributed by atoms with Crippen LogP contribution in [0.1, 0.15) is 57.5 Å². The molecule has 0 amide bonds. The molecule has 0 saturated carbocycles. The molecule has 2 aliphatic rings. The number of morpholine rings is 1. The van der Waals surface area contributed by atoms with Gasteiger partial charge in [0.25, 0.3) is 11.5 Å². The number of carbonyl (C=O) groups excluding carboxylic acids is 2. The molecule has 0 radical (unpaired) electrons. The van der Waals surface area contributed by atoms with Crippen molar-refractivity contribution in [3.8, 4) is 16.9 Å². The van der Waals surface area contributed by atoms with E-state index in [1.807, 2.05) is 24.3 Å². The number of fused-ring (bicyclic) bond motifs is 1. The van der Waals surface area contributed by atoms with Crippen molar-refractivity contribution in [2.75, 3.05) is 64.9 Å². The van der Waals surface area contributed by atoms with Gasteiger partial charge in [0.2, 0.25) is 5.78 Å². The molecular weight excluding hydrogens is 654 g/mol. The maximum absolute atomic E-state index is 13.6. The highest BCUT2D eigenvalue weighted by molar-refractivity contribution is 6.26. The van der Waals surface area contributed by atoms with E-state index >= 15 is 0 Å². The van der Waals surface area contributed by atoms with Crippen molar-refractivity contribution in [3.63, 3.8) is 0 Å². The average molecular weight is 700 g/mol. The number of nitro benzene ring substituents is 1.